The summed E-state index contributed by atoms with van der Waals surface area (Å²) >= 11 is 5.99. The maximum atomic E-state index is 13.1. The largest absolute Gasteiger partial charge is 0.459 e. The number of ether oxygens (including phenoxy) is 4. The summed E-state index contributed by atoms with van der Waals surface area (Å²) in [7, 11) is 0. The number of rotatable bonds is 8. The lowest BCUT2D eigenvalue weighted by molar-refractivity contribution is -0.0640. The molecule has 4 unspecified atom stereocenters. The number of halogens is 1. The highest BCUT2D eigenvalue weighted by molar-refractivity contribution is 6.30. The van der Waals surface area contributed by atoms with Crippen molar-refractivity contribution in [2.75, 3.05) is 6.61 Å². The summed E-state index contributed by atoms with van der Waals surface area (Å²) in [6.45, 7) is -0.452. The fraction of sp³-hybridized carbons (Fsp3) is 0.167. The van der Waals surface area contributed by atoms with Crippen molar-refractivity contribution in [3.05, 3.63) is 140 Å². The van der Waals surface area contributed by atoms with Crippen molar-refractivity contribution in [3.8, 4) is 0 Å². The third-order valence-corrected chi connectivity index (χ3v) is 6.59. The molecule has 5 rings (SSSR count). The van der Waals surface area contributed by atoms with Crippen LogP contribution in [0.4, 0.5) is 0 Å². The number of nitrogens with one attached hydrogen (secondary N) is 1. The third-order valence-electron chi connectivity index (χ3n) is 6.36. The number of carbonyl (C=O) groups is 3. The Morgan fingerprint density at radius 1 is 0.762 bits per heavy atom. The van der Waals surface area contributed by atoms with E-state index in [4.69, 9.17) is 30.5 Å². The summed E-state index contributed by atoms with van der Waals surface area (Å²) in [5.41, 5.74) is -0.970. The highest BCUT2D eigenvalue weighted by atomic mass is 35.5. The Morgan fingerprint density at radius 2 is 1.36 bits per heavy atom. The SMILES string of the molecule is O=C(OCC1OC(n2ccc(=O)[nH]c2=O)C(OC(=O)c2ccccc2)C1OC(=O)c1ccccc1)c1cccc(Cl)c1. The Morgan fingerprint density at radius 3 is 1.95 bits per heavy atom. The smallest absolute Gasteiger partial charge is 0.338 e. The molecule has 0 radical (unpaired) electrons. The summed E-state index contributed by atoms with van der Waals surface area (Å²) in [4.78, 5) is 65.7. The molecule has 1 aliphatic heterocycles. The zero-order chi connectivity index (χ0) is 29.6. The zero-order valence-corrected chi connectivity index (χ0v) is 22.5. The first kappa shape index (κ1) is 28.5. The average molecular weight is 591 g/mol. The Bertz CT molecular complexity index is 1710. The number of benzene rings is 3. The standard InChI is InChI=1S/C30H23ClN2O9/c31-21-13-7-12-20(16-21)27(35)39-17-22-24(41-28(36)18-8-3-1-4-9-18)25(42-29(37)19-10-5-2-6-11-19)26(40-22)33-15-14-23(34)32-30(33)38/h1-16,22,24-26H,17H2,(H,32,34,38). The maximum absolute atomic E-state index is 13.1. The van der Waals surface area contributed by atoms with Gasteiger partial charge in [-0.05, 0) is 42.5 Å². The van der Waals surface area contributed by atoms with Crippen molar-refractivity contribution >= 4 is 29.5 Å². The van der Waals surface area contributed by atoms with E-state index < -0.39 is 60.3 Å². The number of hydrogen-bond acceptors (Lipinski definition) is 9. The van der Waals surface area contributed by atoms with Gasteiger partial charge in [-0.25, -0.2) is 19.2 Å². The van der Waals surface area contributed by atoms with Crippen LogP contribution in [0.1, 0.15) is 37.3 Å². The number of esters is 3. The van der Waals surface area contributed by atoms with Gasteiger partial charge < -0.3 is 18.9 Å². The number of aromatic amines is 1. The minimum Gasteiger partial charge on any atom is -0.459 e. The fourth-order valence-corrected chi connectivity index (χ4v) is 4.54. The van der Waals surface area contributed by atoms with Crippen LogP contribution in [0.3, 0.4) is 0 Å². The Hall–Kier alpha value is -5.00. The monoisotopic (exact) mass is 590 g/mol. The van der Waals surface area contributed by atoms with Crippen molar-refractivity contribution in [2.45, 2.75) is 24.5 Å². The normalized spacial score (nSPS) is 19.5. The van der Waals surface area contributed by atoms with E-state index in [0.717, 1.165) is 16.8 Å². The maximum Gasteiger partial charge on any atom is 0.338 e. The number of nitrogens with zero attached hydrogens (tertiary/aromatic N) is 1. The van der Waals surface area contributed by atoms with Crippen molar-refractivity contribution in [1.82, 2.24) is 9.55 Å². The van der Waals surface area contributed by atoms with Crippen LogP contribution < -0.4 is 11.2 Å². The van der Waals surface area contributed by atoms with Crippen LogP contribution in [0.2, 0.25) is 5.02 Å². The topological polar surface area (TPSA) is 143 Å². The second kappa shape index (κ2) is 12.7. The molecule has 0 spiro atoms. The summed E-state index contributed by atoms with van der Waals surface area (Å²) < 4.78 is 24.1. The molecule has 2 heterocycles. The van der Waals surface area contributed by atoms with E-state index >= 15 is 0 Å². The molecule has 1 saturated heterocycles. The van der Waals surface area contributed by atoms with Gasteiger partial charge in [0.15, 0.2) is 18.4 Å². The summed E-state index contributed by atoms with van der Waals surface area (Å²) in [6, 6.07) is 23.3. The van der Waals surface area contributed by atoms with Crippen LogP contribution in [0.25, 0.3) is 0 Å². The Kier molecular flexibility index (Phi) is 8.60. The van der Waals surface area contributed by atoms with Gasteiger partial charge in [0.25, 0.3) is 5.56 Å². The Balaban J connectivity index is 1.50. The lowest BCUT2D eigenvalue weighted by Gasteiger charge is -2.25. The molecule has 214 valence electrons. The van der Waals surface area contributed by atoms with Crippen LogP contribution in [-0.4, -0.2) is 52.4 Å². The van der Waals surface area contributed by atoms with Crippen LogP contribution in [0.5, 0.6) is 0 Å². The van der Waals surface area contributed by atoms with Crippen molar-refractivity contribution in [1.29, 1.82) is 0 Å². The molecular formula is C30H23ClN2O9. The number of aromatic nitrogens is 2. The number of hydrogen-bond donors (Lipinski definition) is 1. The number of carbonyl (C=O) groups excluding carboxylic acids is 3. The lowest BCUT2D eigenvalue weighted by Crippen LogP contribution is -2.43. The fourth-order valence-electron chi connectivity index (χ4n) is 4.35. The molecule has 0 amide bonds. The van der Waals surface area contributed by atoms with E-state index in [1.54, 1.807) is 48.5 Å². The molecule has 1 aliphatic rings. The zero-order valence-electron chi connectivity index (χ0n) is 21.8. The minimum atomic E-state index is -1.40. The lowest BCUT2D eigenvalue weighted by atomic mass is 10.1. The molecule has 1 aromatic heterocycles. The molecule has 0 saturated carbocycles. The molecule has 12 heteroatoms. The predicted molar refractivity (Wildman–Crippen MR) is 148 cm³/mol. The quantitative estimate of drug-likeness (QED) is 0.241. The van der Waals surface area contributed by atoms with Crippen molar-refractivity contribution < 1.29 is 33.3 Å². The molecule has 4 atom stereocenters. The molecule has 0 aliphatic carbocycles. The van der Waals surface area contributed by atoms with Crippen LogP contribution in [0, 0.1) is 0 Å². The summed E-state index contributed by atoms with van der Waals surface area (Å²) in [5, 5.41) is 0.321. The van der Waals surface area contributed by atoms with Gasteiger partial charge in [-0.3, -0.25) is 14.3 Å². The molecule has 42 heavy (non-hydrogen) atoms. The third kappa shape index (κ3) is 6.48. The molecule has 3 aromatic carbocycles. The van der Waals surface area contributed by atoms with Gasteiger partial charge in [-0.2, -0.15) is 0 Å². The first-order chi connectivity index (χ1) is 20.3. The molecule has 4 aromatic rings. The van der Waals surface area contributed by atoms with E-state index in [9.17, 15) is 24.0 Å². The van der Waals surface area contributed by atoms with E-state index in [1.807, 2.05) is 0 Å². The first-order valence-corrected chi connectivity index (χ1v) is 13.1. The predicted octanol–water partition coefficient (Wildman–Crippen LogP) is 3.40. The van der Waals surface area contributed by atoms with Crippen LogP contribution in [-0.2, 0) is 18.9 Å². The molecule has 0 bridgehead atoms. The highest BCUT2D eigenvalue weighted by Crippen LogP contribution is 2.34. The van der Waals surface area contributed by atoms with Crippen LogP contribution in [0.15, 0.2) is 107 Å². The molecule has 11 nitrogen and oxygen atoms in total. The van der Waals surface area contributed by atoms with Crippen LogP contribution >= 0.6 is 11.6 Å². The first-order valence-electron chi connectivity index (χ1n) is 12.7. The Labute approximate surface area is 243 Å². The molecular weight excluding hydrogens is 568 g/mol. The summed E-state index contributed by atoms with van der Waals surface area (Å²) in [6.07, 6.45) is -4.15. The van der Waals surface area contributed by atoms with Crippen molar-refractivity contribution in [3.63, 3.8) is 0 Å². The van der Waals surface area contributed by atoms with Gasteiger partial charge in [0.05, 0.1) is 16.7 Å². The second-order valence-corrected chi connectivity index (χ2v) is 9.60. The van der Waals surface area contributed by atoms with Gasteiger partial charge in [0, 0.05) is 17.3 Å². The van der Waals surface area contributed by atoms with Gasteiger partial charge in [0.2, 0.25) is 0 Å². The van der Waals surface area contributed by atoms with E-state index in [2.05, 4.69) is 4.98 Å². The van der Waals surface area contributed by atoms with E-state index in [1.165, 1.54) is 36.4 Å². The average Bonchev–Trinajstić information content (AvgIpc) is 3.32. The van der Waals surface area contributed by atoms with Gasteiger partial charge in [-0.1, -0.05) is 54.1 Å². The van der Waals surface area contributed by atoms with Gasteiger partial charge in [0.1, 0.15) is 12.7 Å². The second-order valence-electron chi connectivity index (χ2n) is 9.16. The van der Waals surface area contributed by atoms with E-state index in [0.29, 0.717) is 5.02 Å². The van der Waals surface area contributed by atoms with Crippen molar-refractivity contribution in [2.24, 2.45) is 0 Å². The molecule has 1 fully saturated rings. The molecule has 1 N–H and O–H groups in total. The number of H-pyrrole nitrogens is 1. The highest BCUT2D eigenvalue weighted by Gasteiger charge is 2.51. The van der Waals surface area contributed by atoms with Gasteiger partial charge >= 0.3 is 23.6 Å². The van der Waals surface area contributed by atoms with Gasteiger partial charge in [-0.15, -0.1) is 0 Å². The van der Waals surface area contributed by atoms with E-state index in [-0.39, 0.29) is 16.7 Å². The summed E-state index contributed by atoms with van der Waals surface area (Å²) in [5.74, 6) is -2.30. The minimum absolute atomic E-state index is 0.166.